The van der Waals surface area contributed by atoms with Crippen molar-refractivity contribution < 1.29 is 0 Å². The first-order valence-electron chi connectivity index (χ1n) is 22.9. The highest BCUT2D eigenvalue weighted by Crippen LogP contribution is 2.58. The van der Waals surface area contributed by atoms with Crippen molar-refractivity contribution >= 4 is 51.5 Å². The van der Waals surface area contributed by atoms with Gasteiger partial charge in [0.2, 0.25) is 0 Å². The van der Waals surface area contributed by atoms with Crippen LogP contribution in [0.3, 0.4) is 0 Å². The van der Waals surface area contributed by atoms with Crippen molar-refractivity contribution in [3.05, 3.63) is 277 Å². The second-order valence-corrected chi connectivity index (χ2v) is 18.4. The first kappa shape index (κ1) is 43.1. The van der Waals surface area contributed by atoms with Crippen molar-refractivity contribution in [1.82, 2.24) is 5.32 Å². The van der Waals surface area contributed by atoms with Crippen LogP contribution in [0, 0.1) is 13.8 Å². The van der Waals surface area contributed by atoms with Crippen LogP contribution in [-0.2, 0) is 5.41 Å². The van der Waals surface area contributed by atoms with E-state index >= 15 is 0 Å². The smallest absolute Gasteiger partial charge is 0.103 e. The molecule has 0 saturated heterocycles. The number of fused-ring (bicyclic) bond motifs is 6. The number of allylic oxidation sites excluding steroid dienone is 11. The highest BCUT2D eigenvalue weighted by Gasteiger charge is 2.47. The fraction of sp³-hybridized carbons (Fsp3) is 0.0794. The van der Waals surface area contributed by atoms with Gasteiger partial charge in [-0.05, 0) is 162 Å². The normalized spacial score (nSPS) is 16.9. The maximum Gasteiger partial charge on any atom is 0.103 e. The summed E-state index contributed by atoms with van der Waals surface area (Å²) in [7, 11) is 0. The van der Waals surface area contributed by atoms with E-state index in [1.165, 1.54) is 49.4 Å². The van der Waals surface area contributed by atoms with Gasteiger partial charge in [0.05, 0.1) is 5.41 Å². The highest BCUT2D eigenvalue weighted by atomic mass is 32.2. The van der Waals surface area contributed by atoms with E-state index in [-0.39, 0.29) is 5.37 Å². The summed E-state index contributed by atoms with van der Waals surface area (Å²) in [6.45, 7) is 18.9. The van der Waals surface area contributed by atoms with Gasteiger partial charge in [-0.15, -0.1) is 0 Å². The predicted octanol–water partition coefficient (Wildman–Crippen LogP) is 17.1. The van der Waals surface area contributed by atoms with E-state index in [4.69, 9.17) is 0 Å². The lowest BCUT2D eigenvalue weighted by Gasteiger charge is -2.35. The molecular formula is C63H53N3S. The number of thioether (sulfide) groups is 1. The molecule has 3 aliphatic rings. The standard InChI is InChI=1S/C63H53N3S/c1-7-14-47(10-4)63(48(15-8-2)16-9-3)59-19-12-11-17-55(59)58-41-53(37-39-60(58)63)65(49-28-20-43(5)21-29-49)51-32-24-45(25-33-51)46-26-34-52(35-27-46)66(50-30-22-44(6)23-31-50)54-36-38-56-57-18-13-40-64-62(57)67-61(56)42-54/h7-42,62,64H,1-2,4H2,3,5-6H3/b16-9-,47-14+,48-15+. The van der Waals surface area contributed by atoms with E-state index < -0.39 is 5.41 Å². The van der Waals surface area contributed by atoms with E-state index in [2.05, 4.69) is 250 Å². The summed E-state index contributed by atoms with van der Waals surface area (Å²) in [5.41, 5.74) is 20.3. The fourth-order valence-corrected chi connectivity index (χ4v) is 11.3. The number of anilines is 6. The van der Waals surface area contributed by atoms with Crippen LogP contribution in [0.15, 0.2) is 254 Å². The van der Waals surface area contributed by atoms with Gasteiger partial charge in [-0.25, -0.2) is 0 Å². The number of benzene rings is 7. The molecule has 0 amide bonds. The van der Waals surface area contributed by atoms with Crippen LogP contribution in [-0.4, -0.2) is 5.37 Å². The Morgan fingerprint density at radius 1 is 0.567 bits per heavy atom. The van der Waals surface area contributed by atoms with Gasteiger partial charge >= 0.3 is 0 Å². The van der Waals surface area contributed by atoms with Crippen LogP contribution in [0.25, 0.3) is 27.8 Å². The molecule has 0 aromatic heterocycles. The molecule has 1 aliphatic carbocycles. The lowest BCUT2D eigenvalue weighted by atomic mass is 9.66. The van der Waals surface area contributed by atoms with Crippen molar-refractivity contribution in [3.8, 4) is 22.3 Å². The molecule has 2 atom stereocenters. The van der Waals surface area contributed by atoms with Crippen LogP contribution in [0.1, 0.15) is 34.7 Å². The van der Waals surface area contributed by atoms with Crippen molar-refractivity contribution in [2.45, 2.75) is 36.5 Å². The minimum Gasteiger partial charge on any atom is -0.375 e. The third-order valence-corrected chi connectivity index (χ3v) is 14.4. The molecule has 0 spiro atoms. The summed E-state index contributed by atoms with van der Waals surface area (Å²) >= 11 is 1.88. The second kappa shape index (κ2) is 18.2. The highest BCUT2D eigenvalue weighted by molar-refractivity contribution is 8.00. The number of nitrogens with zero attached hydrogens (tertiary/aromatic N) is 2. The average Bonchev–Trinajstić information content (AvgIpc) is 3.88. The largest absolute Gasteiger partial charge is 0.375 e. The minimum absolute atomic E-state index is 0.252. The molecular weight excluding hydrogens is 831 g/mol. The number of rotatable bonds is 13. The molecule has 0 saturated carbocycles. The summed E-state index contributed by atoms with van der Waals surface area (Å²) in [4.78, 5) is 6.01. The van der Waals surface area contributed by atoms with Crippen molar-refractivity contribution in [2.75, 3.05) is 9.80 Å². The summed E-state index contributed by atoms with van der Waals surface area (Å²) in [5, 5.41) is 3.77. The average molecular weight is 884 g/mol. The Bertz CT molecular complexity index is 3200. The zero-order valence-corrected chi connectivity index (χ0v) is 39.1. The maximum absolute atomic E-state index is 4.33. The molecule has 326 valence electrons. The second-order valence-electron chi connectivity index (χ2n) is 17.2. The predicted molar refractivity (Wildman–Crippen MR) is 288 cm³/mol. The maximum atomic E-state index is 4.33. The number of dihydropyridines is 1. The lowest BCUT2D eigenvalue weighted by Crippen LogP contribution is -2.29. The Morgan fingerprint density at radius 3 is 1.67 bits per heavy atom. The van der Waals surface area contributed by atoms with E-state index in [0.29, 0.717) is 0 Å². The molecule has 2 heterocycles. The van der Waals surface area contributed by atoms with Crippen LogP contribution >= 0.6 is 11.8 Å². The Morgan fingerprint density at radius 2 is 1.09 bits per heavy atom. The minimum atomic E-state index is -0.614. The molecule has 0 radical (unpaired) electrons. The molecule has 0 bridgehead atoms. The number of aryl methyl sites for hydroxylation is 2. The van der Waals surface area contributed by atoms with Gasteiger partial charge in [-0.1, -0.05) is 176 Å². The lowest BCUT2D eigenvalue weighted by molar-refractivity contribution is 0.766. The number of hydrogen-bond acceptors (Lipinski definition) is 4. The Hall–Kier alpha value is -7.79. The van der Waals surface area contributed by atoms with Crippen molar-refractivity contribution in [1.29, 1.82) is 0 Å². The van der Waals surface area contributed by atoms with Crippen LogP contribution in [0.5, 0.6) is 0 Å². The van der Waals surface area contributed by atoms with E-state index in [1.807, 2.05) is 36.2 Å². The monoisotopic (exact) mass is 883 g/mol. The van der Waals surface area contributed by atoms with E-state index in [0.717, 1.165) is 56.4 Å². The molecule has 2 unspecified atom stereocenters. The molecule has 2 aliphatic heterocycles. The van der Waals surface area contributed by atoms with Gasteiger partial charge in [-0.3, -0.25) is 0 Å². The first-order chi connectivity index (χ1) is 32.9. The molecule has 1 N–H and O–H groups in total. The molecule has 7 aromatic carbocycles. The van der Waals surface area contributed by atoms with Gasteiger partial charge in [0, 0.05) is 39.0 Å². The Balaban J connectivity index is 1.02. The van der Waals surface area contributed by atoms with Gasteiger partial charge in [0.15, 0.2) is 0 Å². The zero-order valence-electron chi connectivity index (χ0n) is 38.3. The molecule has 3 nitrogen and oxygen atoms in total. The van der Waals surface area contributed by atoms with Crippen LogP contribution in [0.4, 0.5) is 34.1 Å². The first-order valence-corrected chi connectivity index (χ1v) is 23.8. The third-order valence-electron chi connectivity index (χ3n) is 13.2. The van der Waals surface area contributed by atoms with Crippen molar-refractivity contribution in [3.63, 3.8) is 0 Å². The fourth-order valence-electron chi connectivity index (χ4n) is 10.1. The van der Waals surface area contributed by atoms with Crippen LogP contribution in [0.2, 0.25) is 0 Å². The number of hydrogen-bond donors (Lipinski definition) is 1. The number of nitrogens with one attached hydrogen (secondary N) is 1. The zero-order chi connectivity index (χ0) is 46.1. The SMILES string of the molecule is C=C/C=C(\C=C)C1(C(/C=C\C)=C/C=C)c2ccccc2-c2cc(N(c3ccc(C)cc3)c3ccc(-c4ccc(N(c5ccc(C)cc5)c5ccc6c(c5)SC5NC=CC=C65)cc4)cc3)ccc21. The van der Waals surface area contributed by atoms with Crippen molar-refractivity contribution in [2.24, 2.45) is 0 Å². The molecule has 7 aromatic rings. The molecule has 10 rings (SSSR count). The molecule has 4 heteroatoms. The topological polar surface area (TPSA) is 18.5 Å². The van der Waals surface area contributed by atoms with Gasteiger partial charge in [0.1, 0.15) is 5.37 Å². The Kier molecular flexibility index (Phi) is 11.7. The summed E-state index contributed by atoms with van der Waals surface area (Å²) in [6, 6.07) is 58.1. The van der Waals surface area contributed by atoms with E-state index in [1.54, 1.807) is 0 Å². The van der Waals surface area contributed by atoms with E-state index in [9.17, 15) is 0 Å². The summed E-state index contributed by atoms with van der Waals surface area (Å²) in [5.74, 6) is 0. The third kappa shape index (κ3) is 7.63. The summed E-state index contributed by atoms with van der Waals surface area (Å²) < 4.78 is 0. The quantitative estimate of drug-likeness (QED) is 0.116. The Labute approximate surface area is 400 Å². The summed E-state index contributed by atoms with van der Waals surface area (Å²) in [6.07, 6.45) is 20.6. The molecule has 0 fully saturated rings. The van der Waals surface area contributed by atoms with Crippen LogP contribution < -0.4 is 15.1 Å². The van der Waals surface area contributed by atoms with Gasteiger partial charge in [0.25, 0.3) is 0 Å². The van der Waals surface area contributed by atoms with Gasteiger partial charge in [-0.2, -0.15) is 0 Å². The van der Waals surface area contributed by atoms with Gasteiger partial charge < -0.3 is 15.1 Å². The molecule has 67 heavy (non-hydrogen) atoms.